The lowest BCUT2D eigenvalue weighted by atomic mass is 10.0. The summed E-state index contributed by atoms with van der Waals surface area (Å²) in [5.41, 5.74) is 2.80. The average Bonchev–Trinajstić information content (AvgIpc) is 3.35. The number of fused-ring (bicyclic) bond motifs is 3. The lowest BCUT2D eigenvalue weighted by Gasteiger charge is -2.29. The summed E-state index contributed by atoms with van der Waals surface area (Å²) in [6.45, 7) is 2.37. The van der Waals surface area contributed by atoms with E-state index in [1.807, 2.05) is 12.1 Å². The predicted molar refractivity (Wildman–Crippen MR) is 97.6 cm³/mol. The molecule has 0 spiro atoms. The minimum atomic E-state index is -0.552. The van der Waals surface area contributed by atoms with Gasteiger partial charge in [-0.05, 0) is 48.9 Å². The Morgan fingerprint density at radius 1 is 1.19 bits per heavy atom. The molecule has 3 amide bonds. The van der Waals surface area contributed by atoms with Crippen LogP contribution in [0.5, 0.6) is 0 Å². The minimum absolute atomic E-state index is 0.115. The zero-order valence-corrected chi connectivity index (χ0v) is 15.2. The van der Waals surface area contributed by atoms with Crippen LogP contribution in [0.4, 0.5) is 0 Å². The molecular weight excluding hydrogens is 344 g/mol. The zero-order valence-electron chi connectivity index (χ0n) is 15.2. The van der Waals surface area contributed by atoms with E-state index in [-0.39, 0.29) is 24.1 Å². The number of hydrogen-bond acceptors (Lipinski definition) is 5. The molecular formula is C20H24N4O3. The van der Waals surface area contributed by atoms with Gasteiger partial charge in [0.2, 0.25) is 11.8 Å². The maximum absolute atomic E-state index is 12.7. The fraction of sp³-hybridized carbons (Fsp3) is 0.550. The van der Waals surface area contributed by atoms with E-state index in [1.54, 1.807) is 4.90 Å². The molecule has 4 aliphatic rings. The first-order valence-corrected chi connectivity index (χ1v) is 9.82. The van der Waals surface area contributed by atoms with Gasteiger partial charge in [-0.1, -0.05) is 12.1 Å². The van der Waals surface area contributed by atoms with Crippen molar-refractivity contribution in [2.45, 2.75) is 56.9 Å². The van der Waals surface area contributed by atoms with Gasteiger partial charge in [-0.15, -0.1) is 0 Å². The number of imide groups is 1. The van der Waals surface area contributed by atoms with Crippen LogP contribution in [0.25, 0.3) is 0 Å². The highest BCUT2D eigenvalue weighted by Gasteiger charge is 2.40. The van der Waals surface area contributed by atoms with E-state index >= 15 is 0 Å². The van der Waals surface area contributed by atoms with Crippen LogP contribution in [-0.4, -0.2) is 47.3 Å². The predicted octanol–water partition coefficient (Wildman–Crippen LogP) is 0.288. The van der Waals surface area contributed by atoms with E-state index in [0.717, 1.165) is 30.1 Å². The third-order valence-corrected chi connectivity index (χ3v) is 6.49. The van der Waals surface area contributed by atoms with Crippen molar-refractivity contribution in [1.82, 2.24) is 20.9 Å². The number of hydrogen-bond donors (Lipinski definition) is 3. The number of carbonyl (C=O) groups is 3. The SMILES string of the molecule is O=C1CCC(N2Cc3cc(CN[C@H]4C[C@@H]5CN[C@H]4C5)ccc3C2=O)C(=O)N1. The maximum atomic E-state index is 12.7. The molecule has 1 unspecified atom stereocenters. The number of nitrogens with zero attached hydrogens (tertiary/aromatic N) is 1. The second-order valence-corrected chi connectivity index (χ2v) is 8.23. The third kappa shape index (κ3) is 2.95. The van der Waals surface area contributed by atoms with E-state index in [1.165, 1.54) is 12.8 Å². The quantitative estimate of drug-likeness (QED) is 0.665. The Morgan fingerprint density at radius 3 is 2.81 bits per heavy atom. The van der Waals surface area contributed by atoms with E-state index in [2.05, 4.69) is 22.0 Å². The summed E-state index contributed by atoms with van der Waals surface area (Å²) in [6.07, 6.45) is 3.20. The van der Waals surface area contributed by atoms with E-state index in [0.29, 0.717) is 30.6 Å². The van der Waals surface area contributed by atoms with Gasteiger partial charge in [-0.3, -0.25) is 19.7 Å². The molecule has 3 fully saturated rings. The molecule has 3 N–H and O–H groups in total. The Morgan fingerprint density at radius 2 is 2.07 bits per heavy atom. The van der Waals surface area contributed by atoms with Crippen molar-refractivity contribution < 1.29 is 14.4 Å². The van der Waals surface area contributed by atoms with Crippen molar-refractivity contribution in [2.75, 3.05) is 6.54 Å². The summed E-state index contributed by atoms with van der Waals surface area (Å²) < 4.78 is 0. The third-order valence-electron chi connectivity index (χ3n) is 6.49. The number of carbonyl (C=O) groups excluding carboxylic acids is 3. The largest absolute Gasteiger partial charge is 0.322 e. The standard InChI is InChI=1S/C20H24N4O3/c25-18-4-3-17(19(26)23-18)24-10-13-5-11(1-2-14(13)20(24)27)8-21-15-6-12-7-16(15)22-9-12/h1-2,5,12,15-17,21-22H,3-4,6-10H2,(H,23,25,26)/t12-,15-,16-,17?/m0/s1. The summed E-state index contributed by atoms with van der Waals surface area (Å²) in [7, 11) is 0. The lowest BCUT2D eigenvalue weighted by molar-refractivity contribution is -0.136. The van der Waals surface area contributed by atoms with E-state index < -0.39 is 6.04 Å². The molecule has 2 bridgehead atoms. The van der Waals surface area contributed by atoms with Gasteiger partial charge in [0, 0.05) is 37.2 Å². The molecule has 0 radical (unpaired) electrons. The van der Waals surface area contributed by atoms with Gasteiger partial charge in [0.05, 0.1) is 0 Å². The Kier molecular flexibility index (Phi) is 4.02. The van der Waals surface area contributed by atoms with Crippen LogP contribution in [0.2, 0.25) is 0 Å². The molecule has 4 atom stereocenters. The van der Waals surface area contributed by atoms with Crippen molar-refractivity contribution >= 4 is 17.7 Å². The van der Waals surface area contributed by atoms with Gasteiger partial charge < -0.3 is 15.5 Å². The summed E-state index contributed by atoms with van der Waals surface area (Å²) in [6, 6.07) is 6.52. The molecule has 7 heteroatoms. The van der Waals surface area contributed by atoms with Gasteiger partial charge in [0.1, 0.15) is 6.04 Å². The molecule has 7 nitrogen and oxygen atoms in total. The molecule has 1 aromatic carbocycles. The van der Waals surface area contributed by atoms with Gasteiger partial charge in [0.25, 0.3) is 5.91 Å². The van der Waals surface area contributed by atoms with Crippen LogP contribution in [0.1, 0.15) is 47.2 Å². The van der Waals surface area contributed by atoms with Gasteiger partial charge in [-0.25, -0.2) is 0 Å². The van der Waals surface area contributed by atoms with Crippen LogP contribution < -0.4 is 16.0 Å². The molecule has 1 aromatic rings. The first kappa shape index (κ1) is 16.9. The normalized spacial score (nSPS) is 32.1. The topological polar surface area (TPSA) is 90.5 Å². The summed E-state index contributed by atoms with van der Waals surface area (Å²) in [4.78, 5) is 37.8. The summed E-state index contributed by atoms with van der Waals surface area (Å²) in [5, 5.41) is 9.56. The Bertz CT molecular complexity index is 823. The first-order chi connectivity index (χ1) is 13.1. The van der Waals surface area contributed by atoms with Crippen LogP contribution in [0.15, 0.2) is 18.2 Å². The molecule has 0 aromatic heterocycles. The number of nitrogens with one attached hydrogen (secondary N) is 3. The smallest absolute Gasteiger partial charge is 0.255 e. The second kappa shape index (κ2) is 6.42. The Hall–Kier alpha value is -2.25. The van der Waals surface area contributed by atoms with Crippen molar-refractivity contribution in [2.24, 2.45) is 5.92 Å². The highest BCUT2D eigenvalue weighted by atomic mass is 16.2. The van der Waals surface area contributed by atoms with Crippen LogP contribution in [0.3, 0.4) is 0 Å². The second-order valence-electron chi connectivity index (χ2n) is 8.23. The molecule has 5 rings (SSSR count). The van der Waals surface area contributed by atoms with Gasteiger partial charge in [0.15, 0.2) is 0 Å². The average molecular weight is 368 g/mol. The molecule has 142 valence electrons. The Labute approximate surface area is 157 Å². The molecule has 1 saturated carbocycles. The fourth-order valence-corrected chi connectivity index (χ4v) is 5.07. The van der Waals surface area contributed by atoms with Crippen LogP contribution in [-0.2, 0) is 22.7 Å². The van der Waals surface area contributed by atoms with Gasteiger partial charge >= 0.3 is 0 Å². The van der Waals surface area contributed by atoms with Crippen molar-refractivity contribution in [3.05, 3.63) is 34.9 Å². The monoisotopic (exact) mass is 368 g/mol. The van der Waals surface area contributed by atoms with Crippen molar-refractivity contribution in [3.63, 3.8) is 0 Å². The van der Waals surface area contributed by atoms with E-state index in [9.17, 15) is 14.4 Å². The number of piperidine rings is 2. The van der Waals surface area contributed by atoms with Crippen molar-refractivity contribution in [1.29, 1.82) is 0 Å². The fourth-order valence-electron chi connectivity index (χ4n) is 5.07. The summed E-state index contributed by atoms with van der Waals surface area (Å²) in [5.74, 6) is 0.0745. The maximum Gasteiger partial charge on any atom is 0.255 e. The van der Waals surface area contributed by atoms with Gasteiger partial charge in [-0.2, -0.15) is 0 Å². The lowest BCUT2D eigenvalue weighted by Crippen LogP contribution is -2.52. The van der Waals surface area contributed by atoms with E-state index in [4.69, 9.17) is 0 Å². The molecule has 3 aliphatic heterocycles. The van der Waals surface area contributed by atoms with Crippen molar-refractivity contribution in [3.8, 4) is 0 Å². The molecule has 2 saturated heterocycles. The molecule has 27 heavy (non-hydrogen) atoms. The molecule has 1 aliphatic carbocycles. The minimum Gasteiger partial charge on any atom is -0.322 e. The van der Waals surface area contributed by atoms with Crippen LogP contribution in [0, 0.1) is 5.92 Å². The summed E-state index contributed by atoms with van der Waals surface area (Å²) >= 11 is 0. The first-order valence-electron chi connectivity index (χ1n) is 9.82. The Balaban J connectivity index is 1.26. The van der Waals surface area contributed by atoms with Crippen LogP contribution >= 0.6 is 0 Å². The number of amides is 3. The highest BCUT2D eigenvalue weighted by molar-refractivity contribution is 6.05. The highest BCUT2D eigenvalue weighted by Crippen LogP contribution is 2.32. The number of benzene rings is 1. The number of rotatable bonds is 4. The zero-order chi connectivity index (χ0) is 18.5. The molecule has 3 heterocycles.